The van der Waals surface area contributed by atoms with Crippen LogP contribution in [0.4, 0.5) is 5.69 Å². The molecule has 0 saturated carbocycles. The van der Waals surface area contributed by atoms with E-state index in [0.717, 1.165) is 29.3 Å². The van der Waals surface area contributed by atoms with Gasteiger partial charge in [-0.25, -0.2) is 0 Å². The van der Waals surface area contributed by atoms with Crippen LogP contribution in [0.15, 0.2) is 67.0 Å². The molecule has 2 atom stereocenters. The Labute approximate surface area is 177 Å². The van der Waals surface area contributed by atoms with Gasteiger partial charge in [0.25, 0.3) is 5.91 Å². The summed E-state index contributed by atoms with van der Waals surface area (Å²) in [5.74, 6) is 0.669. The molecule has 5 heteroatoms. The van der Waals surface area contributed by atoms with Gasteiger partial charge in [0.05, 0.1) is 5.56 Å². The van der Waals surface area contributed by atoms with Gasteiger partial charge >= 0.3 is 0 Å². The number of hydrogen-bond donors (Lipinski definition) is 1. The topological polar surface area (TPSA) is 62.3 Å². The first-order chi connectivity index (χ1) is 14.7. The highest BCUT2D eigenvalue weighted by Crippen LogP contribution is 2.31. The van der Waals surface area contributed by atoms with Gasteiger partial charge in [0, 0.05) is 43.0 Å². The zero-order valence-electron chi connectivity index (χ0n) is 17.3. The normalized spacial score (nSPS) is 18.9. The number of fused-ring (bicyclic) bond motifs is 1. The van der Waals surface area contributed by atoms with Crippen molar-refractivity contribution in [2.24, 2.45) is 11.8 Å². The molecule has 5 nitrogen and oxygen atoms in total. The Morgan fingerprint density at radius 1 is 1.07 bits per heavy atom. The maximum absolute atomic E-state index is 12.8. The van der Waals surface area contributed by atoms with Gasteiger partial charge in [-0.15, -0.1) is 0 Å². The lowest BCUT2D eigenvalue weighted by atomic mass is 9.81. The van der Waals surface area contributed by atoms with Crippen LogP contribution in [0, 0.1) is 11.8 Å². The summed E-state index contributed by atoms with van der Waals surface area (Å²) in [5.41, 5.74) is 1.48. The molecular weight excluding hydrogens is 374 g/mol. The summed E-state index contributed by atoms with van der Waals surface area (Å²) in [6.45, 7) is 3.51. The number of rotatable bonds is 5. The highest BCUT2D eigenvalue weighted by molar-refractivity contribution is 6.02. The van der Waals surface area contributed by atoms with Gasteiger partial charge in [-0.3, -0.25) is 14.6 Å². The Morgan fingerprint density at radius 3 is 2.70 bits per heavy atom. The first-order valence-corrected chi connectivity index (χ1v) is 10.6. The molecule has 0 unspecified atom stereocenters. The number of pyridine rings is 1. The molecule has 3 aromatic rings. The molecule has 2 heterocycles. The van der Waals surface area contributed by atoms with E-state index in [9.17, 15) is 9.59 Å². The van der Waals surface area contributed by atoms with Crippen molar-refractivity contribution in [3.8, 4) is 0 Å². The van der Waals surface area contributed by atoms with Gasteiger partial charge in [-0.1, -0.05) is 49.7 Å². The first kappa shape index (κ1) is 20.1. The summed E-state index contributed by atoms with van der Waals surface area (Å²) in [6.07, 6.45) is 5.56. The van der Waals surface area contributed by atoms with Gasteiger partial charge < -0.3 is 10.2 Å². The Hall–Kier alpha value is -3.21. The number of piperidine rings is 1. The molecule has 0 spiro atoms. The standard InChI is InChI=1S/C25H27N3O2/c1-2-18-17-28(25(30)21-9-6-13-26-16-21)14-12-20(18)15-24(29)27-23-11-5-8-19-7-3-4-10-22(19)23/h3-11,13,16,18,20H,2,12,14-15,17H2,1H3,(H,27,29)/t18-,20-/m0/s1. The molecule has 0 radical (unpaired) electrons. The Balaban J connectivity index is 1.40. The number of hydrogen-bond acceptors (Lipinski definition) is 3. The zero-order valence-corrected chi connectivity index (χ0v) is 17.3. The van der Waals surface area contributed by atoms with E-state index in [2.05, 4.69) is 17.2 Å². The molecule has 1 aromatic heterocycles. The second-order valence-electron chi connectivity index (χ2n) is 7.99. The maximum atomic E-state index is 12.8. The SMILES string of the molecule is CC[C@H]1CN(C(=O)c2cccnc2)CC[C@H]1CC(=O)Nc1cccc2ccccc12. The number of carbonyl (C=O) groups excluding carboxylic acids is 2. The molecule has 0 bridgehead atoms. The fourth-order valence-corrected chi connectivity index (χ4v) is 4.44. The number of likely N-dealkylation sites (tertiary alicyclic amines) is 1. The summed E-state index contributed by atoms with van der Waals surface area (Å²) in [7, 11) is 0. The first-order valence-electron chi connectivity index (χ1n) is 10.6. The van der Waals surface area contributed by atoms with Crippen molar-refractivity contribution in [3.63, 3.8) is 0 Å². The largest absolute Gasteiger partial charge is 0.338 e. The van der Waals surface area contributed by atoms with E-state index >= 15 is 0 Å². The molecule has 154 valence electrons. The third-order valence-electron chi connectivity index (χ3n) is 6.12. The fraction of sp³-hybridized carbons (Fsp3) is 0.320. The maximum Gasteiger partial charge on any atom is 0.255 e. The summed E-state index contributed by atoms with van der Waals surface area (Å²) >= 11 is 0. The molecule has 1 fully saturated rings. The van der Waals surface area contributed by atoms with E-state index in [1.165, 1.54) is 0 Å². The number of benzene rings is 2. The number of aromatic nitrogens is 1. The molecule has 2 aromatic carbocycles. The van der Waals surface area contributed by atoms with Crippen LogP contribution in [0.25, 0.3) is 10.8 Å². The van der Waals surface area contributed by atoms with Gasteiger partial charge in [0.1, 0.15) is 0 Å². The zero-order chi connectivity index (χ0) is 20.9. The second-order valence-corrected chi connectivity index (χ2v) is 7.99. The van der Waals surface area contributed by atoms with Crippen molar-refractivity contribution < 1.29 is 9.59 Å². The third kappa shape index (κ3) is 4.35. The fourth-order valence-electron chi connectivity index (χ4n) is 4.44. The van der Waals surface area contributed by atoms with Gasteiger partial charge in [-0.05, 0) is 41.8 Å². The summed E-state index contributed by atoms with van der Waals surface area (Å²) in [4.78, 5) is 31.5. The van der Waals surface area contributed by atoms with Crippen LogP contribution in [0.2, 0.25) is 0 Å². The molecule has 1 saturated heterocycles. The lowest BCUT2D eigenvalue weighted by molar-refractivity contribution is -0.117. The van der Waals surface area contributed by atoms with Crippen molar-refractivity contribution in [1.82, 2.24) is 9.88 Å². The average Bonchev–Trinajstić information content (AvgIpc) is 2.79. The lowest BCUT2D eigenvalue weighted by Gasteiger charge is -2.38. The Kier molecular flexibility index (Phi) is 6.07. The molecule has 1 aliphatic rings. The Morgan fingerprint density at radius 2 is 1.90 bits per heavy atom. The number of nitrogens with zero attached hydrogens (tertiary/aromatic N) is 2. The molecule has 30 heavy (non-hydrogen) atoms. The number of carbonyl (C=O) groups is 2. The quantitative estimate of drug-likeness (QED) is 0.671. The molecule has 2 amide bonds. The van der Waals surface area contributed by atoms with E-state index < -0.39 is 0 Å². The van der Waals surface area contributed by atoms with Crippen LogP contribution in [0.5, 0.6) is 0 Å². The highest BCUT2D eigenvalue weighted by atomic mass is 16.2. The van der Waals surface area contributed by atoms with E-state index in [1.54, 1.807) is 24.5 Å². The predicted molar refractivity (Wildman–Crippen MR) is 119 cm³/mol. The minimum atomic E-state index is 0.0280. The van der Waals surface area contributed by atoms with Gasteiger partial charge in [0.2, 0.25) is 5.91 Å². The van der Waals surface area contributed by atoms with Crippen molar-refractivity contribution >= 4 is 28.3 Å². The van der Waals surface area contributed by atoms with Crippen LogP contribution in [0.1, 0.15) is 36.5 Å². The van der Waals surface area contributed by atoms with Crippen LogP contribution in [-0.4, -0.2) is 34.8 Å². The monoisotopic (exact) mass is 401 g/mol. The second kappa shape index (κ2) is 9.08. The molecule has 1 aliphatic heterocycles. The van der Waals surface area contributed by atoms with Crippen LogP contribution in [0.3, 0.4) is 0 Å². The minimum absolute atomic E-state index is 0.0280. The molecule has 0 aliphatic carbocycles. The van der Waals surface area contributed by atoms with E-state index in [0.29, 0.717) is 31.0 Å². The van der Waals surface area contributed by atoms with Crippen molar-refractivity contribution in [1.29, 1.82) is 0 Å². The number of anilines is 1. The summed E-state index contributed by atoms with van der Waals surface area (Å²) < 4.78 is 0. The van der Waals surface area contributed by atoms with Crippen LogP contribution in [-0.2, 0) is 4.79 Å². The minimum Gasteiger partial charge on any atom is -0.338 e. The van der Waals surface area contributed by atoms with Crippen LogP contribution < -0.4 is 5.32 Å². The molecular formula is C25H27N3O2. The third-order valence-corrected chi connectivity index (χ3v) is 6.12. The predicted octanol–water partition coefficient (Wildman–Crippen LogP) is 4.75. The highest BCUT2D eigenvalue weighted by Gasteiger charge is 2.32. The van der Waals surface area contributed by atoms with Gasteiger partial charge in [-0.2, -0.15) is 0 Å². The van der Waals surface area contributed by atoms with E-state index in [1.807, 2.05) is 47.4 Å². The van der Waals surface area contributed by atoms with Crippen LogP contribution >= 0.6 is 0 Å². The average molecular weight is 402 g/mol. The van der Waals surface area contributed by atoms with Crippen molar-refractivity contribution in [2.75, 3.05) is 18.4 Å². The Bertz CT molecular complexity index is 1030. The summed E-state index contributed by atoms with van der Waals surface area (Å²) in [5, 5.41) is 5.28. The number of amides is 2. The number of nitrogens with one attached hydrogen (secondary N) is 1. The van der Waals surface area contributed by atoms with Crippen molar-refractivity contribution in [3.05, 3.63) is 72.6 Å². The van der Waals surface area contributed by atoms with Gasteiger partial charge in [0.15, 0.2) is 0 Å². The summed E-state index contributed by atoms with van der Waals surface area (Å²) in [6, 6.07) is 17.6. The van der Waals surface area contributed by atoms with E-state index in [-0.39, 0.29) is 17.7 Å². The lowest BCUT2D eigenvalue weighted by Crippen LogP contribution is -2.44. The smallest absolute Gasteiger partial charge is 0.255 e. The molecule has 4 rings (SSSR count). The van der Waals surface area contributed by atoms with Crippen molar-refractivity contribution in [2.45, 2.75) is 26.2 Å². The molecule has 1 N–H and O–H groups in total. The van der Waals surface area contributed by atoms with E-state index in [4.69, 9.17) is 0 Å².